The van der Waals surface area contributed by atoms with E-state index < -0.39 is 8.80 Å². The van der Waals surface area contributed by atoms with Gasteiger partial charge in [0.05, 0.1) is 0 Å². The molecule has 0 radical (unpaired) electrons. The van der Waals surface area contributed by atoms with E-state index in [-0.39, 0.29) is 56.4 Å². The molecule has 1 heterocycles. The maximum absolute atomic E-state index is 3.32. The van der Waals surface area contributed by atoms with Gasteiger partial charge in [-0.1, -0.05) is 33.9 Å². The molecule has 1 aromatic rings. The number of allylic oxidation sites excluding steroid dienone is 4. The fourth-order valence-electron chi connectivity index (χ4n) is 1.54. The summed E-state index contributed by atoms with van der Waals surface area (Å²) in [6.45, 7) is 11.2. The number of halogens is 2. The van der Waals surface area contributed by atoms with Gasteiger partial charge in [-0.3, -0.25) is 6.08 Å². The molecular weight excluding hydrogens is 384 g/mol. The summed E-state index contributed by atoms with van der Waals surface area (Å²) in [5.41, 5.74) is 1.47. The molecule has 1 aliphatic rings. The van der Waals surface area contributed by atoms with E-state index in [4.69, 9.17) is 0 Å². The number of H-pyrrole nitrogens is 1. The van der Waals surface area contributed by atoms with Crippen LogP contribution < -0.4 is 24.8 Å². The van der Waals surface area contributed by atoms with Gasteiger partial charge in [0.15, 0.2) is 0 Å². The largest absolute Gasteiger partial charge is 4.00 e. The Kier molecular flexibility index (Phi) is 15.3. The Balaban J connectivity index is -0.000000252. The number of aromatic amines is 1. The standard InChI is InChI=1S/C8H12N.C7H11Si.2ClH.Zr/c1-8(2,3)7-4-5-9-6-7;1-8(2)7-5-3-4-6-7;;;/h4-5,9H,1-3H3;3,5,8H,4H2,1-2H3;2*1H;/q2*-1;;;+4/p-2. The van der Waals surface area contributed by atoms with Crippen LogP contribution in [0.1, 0.15) is 32.8 Å². The Bertz CT molecular complexity index is 393. The van der Waals surface area contributed by atoms with Gasteiger partial charge in [-0.25, -0.2) is 11.3 Å². The van der Waals surface area contributed by atoms with Crippen molar-refractivity contribution in [2.24, 2.45) is 0 Å². The molecule has 2 rings (SSSR count). The smallest absolute Gasteiger partial charge is 1.00 e. The molecule has 0 aliphatic heterocycles. The van der Waals surface area contributed by atoms with Crippen LogP contribution in [0.4, 0.5) is 0 Å². The van der Waals surface area contributed by atoms with E-state index in [1.54, 1.807) is 0 Å². The molecule has 0 amide bonds. The molecule has 5 heteroatoms. The number of rotatable bonds is 1. The third kappa shape index (κ3) is 9.39. The van der Waals surface area contributed by atoms with Crippen molar-refractivity contribution in [3.05, 3.63) is 47.4 Å². The summed E-state index contributed by atoms with van der Waals surface area (Å²) < 4.78 is 0. The summed E-state index contributed by atoms with van der Waals surface area (Å²) in [6, 6.07) is 2.06. The molecule has 0 bridgehead atoms. The van der Waals surface area contributed by atoms with Gasteiger partial charge in [0.2, 0.25) is 0 Å². The van der Waals surface area contributed by atoms with Crippen LogP contribution in [-0.2, 0) is 31.6 Å². The minimum Gasteiger partial charge on any atom is -1.00 e. The number of aromatic nitrogens is 1. The first-order valence-electron chi connectivity index (χ1n) is 6.24. The van der Waals surface area contributed by atoms with E-state index in [1.807, 2.05) is 6.20 Å². The zero-order chi connectivity index (χ0) is 12.9. The van der Waals surface area contributed by atoms with E-state index in [1.165, 1.54) is 10.8 Å². The van der Waals surface area contributed by atoms with Crippen LogP contribution in [0.15, 0.2) is 29.6 Å². The van der Waals surface area contributed by atoms with Crippen LogP contribution in [0.25, 0.3) is 0 Å². The van der Waals surface area contributed by atoms with Crippen molar-refractivity contribution in [3.8, 4) is 0 Å². The van der Waals surface area contributed by atoms with Crippen molar-refractivity contribution < 1.29 is 51.0 Å². The second kappa shape index (κ2) is 12.0. The Hall–Kier alpha value is 0.440. The number of nitrogens with one attached hydrogen (secondary N) is 1. The first kappa shape index (κ1) is 25.4. The summed E-state index contributed by atoms with van der Waals surface area (Å²) in [5, 5.41) is 1.50. The molecule has 1 aliphatic carbocycles. The molecular formula is C15H23Cl2NSiZr. The summed E-state index contributed by atoms with van der Waals surface area (Å²) in [7, 11) is -0.504. The van der Waals surface area contributed by atoms with Crippen molar-refractivity contribution in [2.45, 2.75) is 45.7 Å². The van der Waals surface area contributed by atoms with Gasteiger partial charge in [0.25, 0.3) is 0 Å². The Morgan fingerprint density at radius 1 is 1.20 bits per heavy atom. The zero-order valence-corrected chi connectivity index (χ0v) is 18.0. The van der Waals surface area contributed by atoms with Crippen LogP contribution in [0.2, 0.25) is 13.1 Å². The van der Waals surface area contributed by atoms with Crippen molar-refractivity contribution in [2.75, 3.05) is 0 Å². The summed E-state index contributed by atoms with van der Waals surface area (Å²) in [5.74, 6) is 0. The third-order valence-corrected chi connectivity index (χ3v) is 4.33. The molecule has 0 fully saturated rings. The maximum atomic E-state index is 3.32. The van der Waals surface area contributed by atoms with Gasteiger partial charge < -0.3 is 29.8 Å². The minimum atomic E-state index is -0.504. The first-order valence-corrected chi connectivity index (χ1v) is 9.12. The second-order valence-electron chi connectivity index (χ2n) is 5.66. The topological polar surface area (TPSA) is 15.8 Å². The van der Waals surface area contributed by atoms with E-state index in [9.17, 15) is 0 Å². The normalized spacial score (nSPS) is 12.4. The fourth-order valence-corrected chi connectivity index (χ4v) is 2.59. The molecule has 0 saturated heterocycles. The van der Waals surface area contributed by atoms with Crippen LogP contribution in [0.3, 0.4) is 0 Å². The number of hydrogen-bond acceptors (Lipinski definition) is 0. The summed E-state index contributed by atoms with van der Waals surface area (Å²) in [6.07, 6.45) is 13.7. The molecule has 0 spiro atoms. The molecule has 0 aromatic carbocycles. The van der Waals surface area contributed by atoms with Gasteiger partial charge >= 0.3 is 26.2 Å². The van der Waals surface area contributed by atoms with Crippen molar-refractivity contribution in [1.29, 1.82) is 0 Å². The molecule has 20 heavy (non-hydrogen) atoms. The predicted molar refractivity (Wildman–Crippen MR) is 77.7 cm³/mol. The molecule has 0 saturated carbocycles. The molecule has 1 N–H and O–H groups in total. The van der Waals surface area contributed by atoms with Gasteiger partial charge in [0.1, 0.15) is 0 Å². The summed E-state index contributed by atoms with van der Waals surface area (Å²) >= 11 is 0. The van der Waals surface area contributed by atoms with E-state index >= 15 is 0 Å². The SMILES string of the molecule is CC(C)(C)c1[c-][nH]cc1.C[SiH](C)C1=[C-]CC=C1.[Cl-].[Cl-].[Zr+4]. The Morgan fingerprint density at radius 3 is 2.00 bits per heavy atom. The van der Waals surface area contributed by atoms with Crippen LogP contribution in [0.5, 0.6) is 0 Å². The van der Waals surface area contributed by atoms with Gasteiger partial charge in [-0.2, -0.15) is 18.3 Å². The zero-order valence-electron chi connectivity index (χ0n) is 12.8. The summed E-state index contributed by atoms with van der Waals surface area (Å²) in [4.78, 5) is 2.91. The van der Waals surface area contributed by atoms with E-state index in [2.05, 4.69) is 69.3 Å². The van der Waals surface area contributed by atoms with Crippen molar-refractivity contribution >= 4 is 8.80 Å². The molecule has 1 nitrogen and oxygen atoms in total. The monoisotopic (exact) mass is 405 g/mol. The molecule has 0 atom stereocenters. The molecule has 0 unspecified atom stereocenters. The van der Waals surface area contributed by atoms with Crippen LogP contribution in [0, 0.1) is 12.3 Å². The van der Waals surface area contributed by atoms with Gasteiger partial charge in [-0.15, -0.1) is 18.2 Å². The van der Waals surface area contributed by atoms with Crippen molar-refractivity contribution in [1.82, 2.24) is 4.98 Å². The van der Waals surface area contributed by atoms with Crippen LogP contribution >= 0.6 is 0 Å². The average molecular weight is 408 g/mol. The van der Waals surface area contributed by atoms with Crippen LogP contribution in [-0.4, -0.2) is 13.8 Å². The number of hydrogen-bond donors (Lipinski definition) is 1. The third-order valence-electron chi connectivity index (χ3n) is 2.69. The van der Waals surface area contributed by atoms with Gasteiger partial charge in [-0.05, 0) is 5.41 Å². The Morgan fingerprint density at radius 2 is 1.80 bits per heavy atom. The Labute approximate surface area is 157 Å². The van der Waals surface area contributed by atoms with E-state index in [0.717, 1.165) is 6.42 Å². The molecule has 110 valence electrons. The van der Waals surface area contributed by atoms with Crippen molar-refractivity contribution in [3.63, 3.8) is 0 Å². The fraction of sp³-hybridized carbons (Fsp3) is 0.467. The second-order valence-corrected chi connectivity index (χ2v) is 8.59. The minimum absolute atomic E-state index is 0. The van der Waals surface area contributed by atoms with E-state index in [0.29, 0.717) is 0 Å². The predicted octanol–water partition coefficient (Wildman–Crippen LogP) is -2.18. The maximum Gasteiger partial charge on any atom is 4.00 e. The molecule has 1 aromatic heterocycles. The average Bonchev–Trinajstić information content (AvgIpc) is 2.92. The van der Waals surface area contributed by atoms with Gasteiger partial charge in [0, 0.05) is 8.80 Å². The quantitative estimate of drug-likeness (QED) is 0.403. The first-order chi connectivity index (χ1) is 7.91.